The average Bonchev–Trinajstić information content (AvgIpc) is 3.36. The summed E-state index contributed by atoms with van der Waals surface area (Å²) in [5, 5.41) is 9.27. The van der Waals surface area contributed by atoms with Gasteiger partial charge in [0, 0.05) is 47.8 Å². The predicted molar refractivity (Wildman–Crippen MR) is 102 cm³/mol. The lowest BCUT2D eigenvalue weighted by atomic mass is 10.1. The van der Waals surface area contributed by atoms with Crippen LogP contribution in [0.25, 0.3) is 0 Å². The van der Waals surface area contributed by atoms with E-state index in [0.717, 1.165) is 47.8 Å². The molecular weight excluding hydrogens is 346 g/mol. The number of carbonyl (C=O) groups excluding carboxylic acids is 2. The molecular formula is C17H24ClN3O2S. The molecule has 0 bridgehead atoms. The summed E-state index contributed by atoms with van der Waals surface area (Å²) < 4.78 is 0. The monoisotopic (exact) mass is 369 g/mol. The van der Waals surface area contributed by atoms with Gasteiger partial charge in [-0.3, -0.25) is 9.59 Å². The van der Waals surface area contributed by atoms with Crippen LogP contribution in [0.4, 0.5) is 11.4 Å². The lowest BCUT2D eigenvalue weighted by Crippen LogP contribution is -2.39. The zero-order valence-electron chi connectivity index (χ0n) is 13.8. The van der Waals surface area contributed by atoms with Crippen molar-refractivity contribution in [1.82, 2.24) is 5.32 Å². The van der Waals surface area contributed by atoms with Gasteiger partial charge in [-0.25, -0.2) is 0 Å². The Kier molecular flexibility index (Phi) is 6.95. The van der Waals surface area contributed by atoms with E-state index in [1.54, 1.807) is 0 Å². The number of anilines is 2. The molecule has 1 saturated heterocycles. The maximum Gasteiger partial charge on any atom is 0.227 e. The second-order valence-electron chi connectivity index (χ2n) is 6.27. The molecule has 1 unspecified atom stereocenters. The lowest BCUT2D eigenvalue weighted by Gasteiger charge is -2.22. The van der Waals surface area contributed by atoms with Crippen molar-refractivity contribution >= 4 is 47.4 Å². The van der Waals surface area contributed by atoms with Gasteiger partial charge in [-0.15, -0.1) is 12.4 Å². The van der Waals surface area contributed by atoms with Crippen molar-refractivity contribution < 1.29 is 9.59 Å². The first-order valence-electron chi connectivity index (χ1n) is 8.14. The molecule has 1 saturated carbocycles. The molecule has 1 aliphatic carbocycles. The van der Waals surface area contributed by atoms with Gasteiger partial charge in [-0.2, -0.15) is 11.8 Å². The van der Waals surface area contributed by atoms with E-state index >= 15 is 0 Å². The third kappa shape index (κ3) is 5.40. The highest BCUT2D eigenvalue weighted by Crippen LogP contribution is 2.30. The van der Waals surface area contributed by atoms with Crippen LogP contribution in [0, 0.1) is 12.8 Å². The van der Waals surface area contributed by atoms with Crippen LogP contribution in [-0.2, 0) is 9.59 Å². The number of amides is 2. The van der Waals surface area contributed by atoms with Gasteiger partial charge in [0.25, 0.3) is 0 Å². The smallest absolute Gasteiger partial charge is 0.227 e. The van der Waals surface area contributed by atoms with Crippen molar-refractivity contribution in [2.45, 2.75) is 32.2 Å². The topological polar surface area (TPSA) is 70.2 Å². The molecule has 7 heteroatoms. The zero-order chi connectivity index (χ0) is 16.2. The van der Waals surface area contributed by atoms with E-state index in [2.05, 4.69) is 16.0 Å². The molecule has 24 heavy (non-hydrogen) atoms. The van der Waals surface area contributed by atoms with Crippen molar-refractivity contribution in [2.24, 2.45) is 5.92 Å². The van der Waals surface area contributed by atoms with Gasteiger partial charge >= 0.3 is 0 Å². The number of thioether (sulfide) groups is 1. The van der Waals surface area contributed by atoms with E-state index in [1.807, 2.05) is 36.9 Å². The third-order valence-corrected chi connectivity index (χ3v) is 5.29. The van der Waals surface area contributed by atoms with Gasteiger partial charge in [0.15, 0.2) is 0 Å². The summed E-state index contributed by atoms with van der Waals surface area (Å²) in [5.74, 6) is 2.35. The highest BCUT2D eigenvalue weighted by Gasteiger charge is 2.29. The molecule has 1 aliphatic heterocycles. The molecule has 2 aliphatic rings. The Balaban J connectivity index is 0.00000208. The Morgan fingerprint density at radius 2 is 2.08 bits per heavy atom. The Morgan fingerprint density at radius 3 is 2.75 bits per heavy atom. The van der Waals surface area contributed by atoms with Gasteiger partial charge in [0.1, 0.15) is 0 Å². The summed E-state index contributed by atoms with van der Waals surface area (Å²) >= 11 is 1.88. The molecule has 5 nitrogen and oxygen atoms in total. The first-order chi connectivity index (χ1) is 11.1. The van der Waals surface area contributed by atoms with Crippen LogP contribution >= 0.6 is 24.2 Å². The van der Waals surface area contributed by atoms with Gasteiger partial charge in [0.2, 0.25) is 11.8 Å². The molecule has 2 amide bonds. The van der Waals surface area contributed by atoms with Crippen molar-refractivity contribution in [3.8, 4) is 0 Å². The molecule has 0 radical (unpaired) electrons. The molecule has 3 rings (SSSR count). The average molecular weight is 370 g/mol. The number of halogens is 1. The minimum absolute atomic E-state index is 0. The van der Waals surface area contributed by atoms with E-state index < -0.39 is 0 Å². The van der Waals surface area contributed by atoms with Gasteiger partial charge in [0.05, 0.1) is 0 Å². The molecule has 1 aromatic rings. The van der Waals surface area contributed by atoms with Gasteiger partial charge in [-0.1, -0.05) is 6.07 Å². The van der Waals surface area contributed by atoms with Gasteiger partial charge < -0.3 is 16.0 Å². The largest absolute Gasteiger partial charge is 0.326 e. The second kappa shape index (κ2) is 8.74. The minimum atomic E-state index is 0. The van der Waals surface area contributed by atoms with Crippen molar-refractivity contribution in [3.05, 3.63) is 23.8 Å². The van der Waals surface area contributed by atoms with Crippen LogP contribution in [0.1, 0.15) is 24.8 Å². The Labute approximate surface area is 153 Å². The summed E-state index contributed by atoms with van der Waals surface area (Å²) in [7, 11) is 0. The normalized spacial score (nSPS) is 20.0. The molecule has 1 atom stereocenters. The molecule has 0 aromatic heterocycles. The van der Waals surface area contributed by atoms with Crippen LogP contribution < -0.4 is 16.0 Å². The fourth-order valence-electron chi connectivity index (χ4n) is 2.60. The molecule has 1 aromatic carbocycles. The first kappa shape index (κ1) is 19.1. The summed E-state index contributed by atoms with van der Waals surface area (Å²) in [4.78, 5) is 24.1. The number of rotatable bonds is 5. The highest BCUT2D eigenvalue weighted by molar-refractivity contribution is 7.99. The molecule has 132 valence electrons. The second-order valence-corrected chi connectivity index (χ2v) is 7.42. The number of nitrogens with one attached hydrogen (secondary N) is 3. The fraction of sp³-hybridized carbons (Fsp3) is 0.529. The van der Waals surface area contributed by atoms with Crippen molar-refractivity contribution in [2.75, 3.05) is 28.7 Å². The van der Waals surface area contributed by atoms with Crippen LogP contribution in [-0.4, -0.2) is 35.9 Å². The van der Waals surface area contributed by atoms with Crippen LogP contribution in [0.2, 0.25) is 0 Å². The maximum absolute atomic E-state index is 12.2. The summed E-state index contributed by atoms with van der Waals surface area (Å²) in [6, 6.07) is 5.89. The zero-order valence-corrected chi connectivity index (χ0v) is 15.4. The standard InChI is InChI=1S/C17H23N3O2S.ClH/c1-11-2-5-13(19-17(22)12-3-4-12)8-15(11)20-16(21)9-14-10-23-7-6-18-14;/h2,5,8,12,14,18H,3-4,6-7,9-10H2,1H3,(H,19,22)(H,20,21);1H. The first-order valence-corrected chi connectivity index (χ1v) is 9.30. The van der Waals surface area contributed by atoms with Crippen molar-refractivity contribution in [3.63, 3.8) is 0 Å². The molecule has 1 heterocycles. The lowest BCUT2D eigenvalue weighted by molar-refractivity contribution is -0.117. The predicted octanol–water partition coefficient (Wildman–Crippen LogP) is 2.80. The van der Waals surface area contributed by atoms with E-state index in [9.17, 15) is 9.59 Å². The van der Waals surface area contributed by atoms with E-state index in [-0.39, 0.29) is 36.2 Å². The van der Waals surface area contributed by atoms with Crippen LogP contribution in [0.5, 0.6) is 0 Å². The number of hydrogen-bond acceptors (Lipinski definition) is 4. The van der Waals surface area contributed by atoms with Crippen LogP contribution in [0.3, 0.4) is 0 Å². The van der Waals surface area contributed by atoms with E-state index in [1.165, 1.54) is 0 Å². The highest BCUT2D eigenvalue weighted by atomic mass is 35.5. The SMILES string of the molecule is Cc1ccc(NC(=O)C2CC2)cc1NC(=O)CC1CSCCN1.Cl. The summed E-state index contributed by atoms with van der Waals surface area (Å²) in [5.41, 5.74) is 2.51. The van der Waals surface area contributed by atoms with E-state index in [0.29, 0.717) is 6.42 Å². The number of benzene rings is 1. The quantitative estimate of drug-likeness (QED) is 0.746. The maximum atomic E-state index is 12.2. The summed E-state index contributed by atoms with van der Waals surface area (Å²) in [6.45, 7) is 2.92. The fourth-order valence-corrected chi connectivity index (χ4v) is 3.55. The number of hydrogen-bond donors (Lipinski definition) is 3. The summed E-state index contributed by atoms with van der Waals surface area (Å²) in [6.07, 6.45) is 2.44. The third-order valence-electron chi connectivity index (χ3n) is 4.16. The van der Waals surface area contributed by atoms with Crippen molar-refractivity contribution in [1.29, 1.82) is 0 Å². The molecule has 3 N–H and O–H groups in total. The minimum Gasteiger partial charge on any atom is -0.326 e. The number of carbonyl (C=O) groups is 2. The Bertz CT molecular complexity index is 601. The van der Waals surface area contributed by atoms with Crippen LogP contribution in [0.15, 0.2) is 18.2 Å². The molecule has 2 fully saturated rings. The number of aryl methyl sites for hydroxylation is 1. The van der Waals surface area contributed by atoms with E-state index in [4.69, 9.17) is 0 Å². The Morgan fingerprint density at radius 1 is 1.29 bits per heavy atom. The Hall–Kier alpha value is -1.24. The molecule has 0 spiro atoms. The van der Waals surface area contributed by atoms with Gasteiger partial charge in [-0.05, 0) is 37.5 Å².